The van der Waals surface area contributed by atoms with Gasteiger partial charge in [0.1, 0.15) is 5.75 Å². The van der Waals surface area contributed by atoms with Crippen molar-refractivity contribution in [1.82, 2.24) is 0 Å². The van der Waals surface area contributed by atoms with Crippen LogP contribution in [-0.4, -0.2) is 24.3 Å². The van der Waals surface area contributed by atoms with Gasteiger partial charge in [0.2, 0.25) is 0 Å². The highest BCUT2D eigenvalue weighted by atomic mass is 35.5. The molecule has 0 heterocycles. The third kappa shape index (κ3) is 5.16. The summed E-state index contributed by atoms with van der Waals surface area (Å²) in [4.78, 5) is 11.5. The molecule has 0 radical (unpaired) electrons. The molecule has 2 aromatic rings. The first-order valence-corrected chi connectivity index (χ1v) is 9.76. The van der Waals surface area contributed by atoms with Crippen molar-refractivity contribution in [3.05, 3.63) is 57.4 Å². The van der Waals surface area contributed by atoms with Crippen molar-refractivity contribution >= 4 is 17.6 Å². The first-order chi connectivity index (χ1) is 13.3. The van der Waals surface area contributed by atoms with Crippen LogP contribution in [0, 0.1) is 5.82 Å². The second-order valence-electron chi connectivity index (χ2n) is 6.80. The van der Waals surface area contributed by atoms with E-state index in [1.165, 1.54) is 6.07 Å². The van der Waals surface area contributed by atoms with Gasteiger partial charge in [-0.2, -0.15) is 0 Å². The van der Waals surface area contributed by atoms with Gasteiger partial charge in [-0.15, -0.1) is 0 Å². The van der Waals surface area contributed by atoms with Crippen LogP contribution in [0.25, 0.3) is 0 Å². The smallest absolute Gasteiger partial charge is 0.344 e. The van der Waals surface area contributed by atoms with E-state index in [-0.39, 0.29) is 30.6 Å². The van der Waals surface area contributed by atoms with Gasteiger partial charge in [0.05, 0.1) is 6.61 Å². The van der Waals surface area contributed by atoms with Gasteiger partial charge >= 0.3 is 5.97 Å². The molecule has 4 nitrogen and oxygen atoms in total. The van der Waals surface area contributed by atoms with Crippen LogP contribution in [0.2, 0.25) is 5.02 Å². The standard InChI is InChI=1S/C22H26ClFO4/c1-5-15-17(10-14-7-8-19(25)16(9-14)13(3)4)18(23)11-20(22(15)24)28-12-21(26)27-6-2/h7-9,11,13,25H,5-6,10,12H2,1-4H3. The molecule has 0 spiro atoms. The second kappa shape index (κ2) is 9.78. The summed E-state index contributed by atoms with van der Waals surface area (Å²) >= 11 is 6.43. The number of benzene rings is 2. The lowest BCUT2D eigenvalue weighted by Crippen LogP contribution is -2.15. The predicted octanol–water partition coefficient (Wildman–Crippen LogP) is 5.40. The Morgan fingerprint density at radius 1 is 1.21 bits per heavy atom. The fraction of sp³-hybridized carbons (Fsp3) is 0.409. The Hall–Kier alpha value is -2.27. The SMILES string of the molecule is CCOC(=O)COc1cc(Cl)c(Cc2ccc(O)c(C(C)C)c2)c(CC)c1F. The molecule has 152 valence electrons. The van der Waals surface area contributed by atoms with Crippen LogP contribution in [0.4, 0.5) is 4.39 Å². The first-order valence-electron chi connectivity index (χ1n) is 9.38. The molecule has 1 N–H and O–H groups in total. The van der Waals surface area contributed by atoms with Crippen LogP contribution in [0.3, 0.4) is 0 Å². The number of hydrogen-bond acceptors (Lipinski definition) is 4. The molecule has 0 aliphatic carbocycles. The molecule has 2 aromatic carbocycles. The lowest BCUT2D eigenvalue weighted by molar-refractivity contribution is -0.145. The van der Waals surface area contributed by atoms with Crippen molar-refractivity contribution in [3.63, 3.8) is 0 Å². The normalized spacial score (nSPS) is 11.0. The van der Waals surface area contributed by atoms with E-state index < -0.39 is 11.8 Å². The third-order valence-corrected chi connectivity index (χ3v) is 4.83. The molecular weight excluding hydrogens is 383 g/mol. The summed E-state index contributed by atoms with van der Waals surface area (Å²) in [5.41, 5.74) is 2.88. The van der Waals surface area contributed by atoms with E-state index in [0.29, 0.717) is 29.0 Å². The van der Waals surface area contributed by atoms with E-state index in [2.05, 4.69) is 0 Å². The van der Waals surface area contributed by atoms with Gasteiger partial charge in [0.25, 0.3) is 0 Å². The van der Waals surface area contributed by atoms with Crippen LogP contribution in [0.5, 0.6) is 11.5 Å². The maximum absolute atomic E-state index is 14.9. The van der Waals surface area contributed by atoms with Gasteiger partial charge in [-0.05, 0) is 54.0 Å². The third-order valence-electron chi connectivity index (χ3n) is 4.49. The summed E-state index contributed by atoms with van der Waals surface area (Å²) in [6.07, 6.45) is 0.851. The molecule has 28 heavy (non-hydrogen) atoms. The molecule has 0 aliphatic rings. The maximum atomic E-state index is 14.9. The minimum Gasteiger partial charge on any atom is -0.508 e. The summed E-state index contributed by atoms with van der Waals surface area (Å²) in [7, 11) is 0. The predicted molar refractivity (Wildman–Crippen MR) is 108 cm³/mol. The largest absolute Gasteiger partial charge is 0.508 e. The molecule has 0 amide bonds. The molecule has 0 unspecified atom stereocenters. The molecule has 2 rings (SSSR count). The Morgan fingerprint density at radius 2 is 1.93 bits per heavy atom. The fourth-order valence-electron chi connectivity index (χ4n) is 3.08. The number of rotatable bonds is 8. The quantitative estimate of drug-likeness (QED) is 0.594. The molecule has 0 aromatic heterocycles. The monoisotopic (exact) mass is 408 g/mol. The van der Waals surface area contributed by atoms with Gasteiger partial charge in [-0.3, -0.25) is 0 Å². The average Bonchev–Trinajstić information content (AvgIpc) is 2.65. The van der Waals surface area contributed by atoms with Gasteiger partial charge in [-0.1, -0.05) is 44.5 Å². The van der Waals surface area contributed by atoms with Crippen LogP contribution in [0.15, 0.2) is 24.3 Å². The van der Waals surface area contributed by atoms with Gasteiger partial charge in [0, 0.05) is 11.1 Å². The molecule has 0 saturated heterocycles. The van der Waals surface area contributed by atoms with E-state index in [0.717, 1.165) is 11.1 Å². The van der Waals surface area contributed by atoms with E-state index in [4.69, 9.17) is 21.1 Å². The highest BCUT2D eigenvalue weighted by Crippen LogP contribution is 2.34. The molecule has 6 heteroatoms. The lowest BCUT2D eigenvalue weighted by Gasteiger charge is -2.17. The van der Waals surface area contributed by atoms with E-state index in [1.807, 2.05) is 26.8 Å². The van der Waals surface area contributed by atoms with Crippen LogP contribution in [-0.2, 0) is 22.4 Å². The lowest BCUT2D eigenvalue weighted by atomic mass is 9.93. The summed E-state index contributed by atoms with van der Waals surface area (Å²) < 4.78 is 25.0. The Morgan fingerprint density at radius 3 is 2.54 bits per heavy atom. The Bertz CT molecular complexity index is 849. The highest BCUT2D eigenvalue weighted by Gasteiger charge is 2.19. The number of carbonyl (C=O) groups excluding carboxylic acids is 1. The van der Waals surface area contributed by atoms with E-state index in [9.17, 15) is 14.3 Å². The van der Waals surface area contributed by atoms with Crippen molar-refractivity contribution in [2.24, 2.45) is 0 Å². The zero-order valence-electron chi connectivity index (χ0n) is 16.6. The molecule has 0 bridgehead atoms. The fourth-order valence-corrected chi connectivity index (χ4v) is 3.36. The van der Waals surface area contributed by atoms with Crippen molar-refractivity contribution in [3.8, 4) is 11.5 Å². The maximum Gasteiger partial charge on any atom is 0.344 e. The summed E-state index contributed by atoms with van der Waals surface area (Å²) in [5, 5.41) is 10.4. The van der Waals surface area contributed by atoms with Gasteiger partial charge < -0.3 is 14.6 Å². The van der Waals surface area contributed by atoms with E-state index >= 15 is 0 Å². The van der Waals surface area contributed by atoms with E-state index in [1.54, 1.807) is 19.1 Å². The number of carbonyl (C=O) groups is 1. The highest BCUT2D eigenvalue weighted by molar-refractivity contribution is 6.31. The number of phenols is 1. The van der Waals surface area contributed by atoms with Crippen molar-refractivity contribution in [2.75, 3.05) is 13.2 Å². The molecule has 0 aliphatic heterocycles. The van der Waals surface area contributed by atoms with Crippen LogP contribution in [0.1, 0.15) is 55.9 Å². The number of esters is 1. The zero-order valence-corrected chi connectivity index (χ0v) is 17.4. The minimum absolute atomic E-state index is 0.0628. The van der Waals surface area contributed by atoms with Gasteiger partial charge in [-0.25, -0.2) is 9.18 Å². The second-order valence-corrected chi connectivity index (χ2v) is 7.21. The summed E-state index contributed by atoms with van der Waals surface area (Å²) in [6, 6.07) is 6.77. The minimum atomic E-state index is -0.564. The van der Waals surface area contributed by atoms with Crippen molar-refractivity contribution in [1.29, 1.82) is 0 Å². The Balaban J connectivity index is 2.34. The Labute approximate surface area is 170 Å². The number of ether oxygens (including phenoxy) is 2. The van der Waals surface area contributed by atoms with Crippen molar-refractivity contribution in [2.45, 2.75) is 46.5 Å². The van der Waals surface area contributed by atoms with Crippen LogP contribution >= 0.6 is 11.6 Å². The topological polar surface area (TPSA) is 55.8 Å². The zero-order chi connectivity index (χ0) is 20.8. The Kier molecular flexibility index (Phi) is 7.69. The summed E-state index contributed by atoms with van der Waals surface area (Å²) in [6.45, 7) is 7.38. The van der Waals surface area contributed by atoms with Crippen LogP contribution < -0.4 is 4.74 Å². The number of hydrogen-bond donors (Lipinski definition) is 1. The van der Waals surface area contributed by atoms with Crippen molar-refractivity contribution < 1.29 is 23.8 Å². The molecular formula is C22H26ClFO4. The number of aromatic hydroxyl groups is 1. The number of halogens is 2. The molecule has 0 fully saturated rings. The van der Waals surface area contributed by atoms with Gasteiger partial charge in [0.15, 0.2) is 18.2 Å². The number of phenolic OH excluding ortho intramolecular Hbond substituents is 1. The average molecular weight is 409 g/mol. The first kappa shape index (κ1) is 22.0. The molecule has 0 saturated carbocycles. The summed E-state index contributed by atoms with van der Waals surface area (Å²) in [5.74, 6) is -0.738. The molecule has 0 atom stereocenters.